The van der Waals surface area contributed by atoms with Gasteiger partial charge >= 0.3 is 0 Å². The second-order valence-corrected chi connectivity index (χ2v) is 5.78. The Bertz CT molecular complexity index is 453. The molecule has 4 heteroatoms. The molecule has 1 unspecified atom stereocenters. The van der Waals surface area contributed by atoms with Crippen molar-refractivity contribution in [1.29, 1.82) is 5.26 Å². The third kappa shape index (κ3) is 2.80. The van der Waals surface area contributed by atoms with Gasteiger partial charge < -0.3 is 5.11 Å². The fourth-order valence-corrected chi connectivity index (χ4v) is 3.05. The van der Waals surface area contributed by atoms with Crippen LogP contribution in [0, 0.1) is 11.3 Å². The Balaban J connectivity index is 2.24. The fourth-order valence-electron chi connectivity index (χ4n) is 2.05. The minimum absolute atomic E-state index is 0.182. The van der Waals surface area contributed by atoms with Crippen LogP contribution in [-0.2, 0) is 12.8 Å². The molecular weight excluding hydrogens is 232 g/mol. The highest BCUT2D eigenvalue weighted by Crippen LogP contribution is 2.30. The summed E-state index contributed by atoms with van der Waals surface area (Å²) in [5.41, 5.74) is 3.07. The molecule has 2 rings (SSSR count). The molecule has 1 heterocycles. The van der Waals surface area contributed by atoms with Crippen molar-refractivity contribution in [1.82, 2.24) is 4.98 Å². The number of aryl methyl sites for hydroxylation is 2. The summed E-state index contributed by atoms with van der Waals surface area (Å²) in [5, 5.41) is 19.2. The van der Waals surface area contributed by atoms with Crippen LogP contribution in [0.3, 0.4) is 0 Å². The zero-order chi connectivity index (χ0) is 12.3. The lowest BCUT2D eigenvalue weighted by molar-refractivity contribution is 0.289. The van der Waals surface area contributed by atoms with Crippen LogP contribution in [0.5, 0.6) is 0 Å². The number of nitrogens with zero attached hydrogens (tertiary/aromatic N) is 2. The Morgan fingerprint density at radius 2 is 2.41 bits per heavy atom. The lowest BCUT2D eigenvalue weighted by Crippen LogP contribution is -2.02. The van der Waals surface area contributed by atoms with Gasteiger partial charge in [-0.25, -0.2) is 4.98 Å². The molecule has 1 aromatic heterocycles. The van der Waals surface area contributed by atoms with Crippen LogP contribution in [0.25, 0.3) is 0 Å². The van der Waals surface area contributed by atoms with E-state index in [0.29, 0.717) is 10.8 Å². The number of hydrogen-bond acceptors (Lipinski definition) is 4. The van der Waals surface area contributed by atoms with Gasteiger partial charge in [-0.1, -0.05) is 6.92 Å². The Kier molecular flexibility index (Phi) is 4.03. The highest BCUT2D eigenvalue weighted by atomic mass is 32.2. The Hall–Kier alpha value is -1.05. The molecule has 17 heavy (non-hydrogen) atoms. The van der Waals surface area contributed by atoms with E-state index < -0.39 is 0 Å². The molecule has 0 aliphatic heterocycles. The number of hydrogen-bond donors (Lipinski definition) is 1. The smallest absolute Gasteiger partial charge is 0.114 e. The summed E-state index contributed by atoms with van der Waals surface area (Å²) in [6.07, 6.45) is 3.96. The third-order valence-corrected chi connectivity index (χ3v) is 4.16. The molecule has 0 saturated carbocycles. The average molecular weight is 248 g/mol. The molecule has 0 fully saturated rings. The molecule has 0 spiro atoms. The maximum absolute atomic E-state index is 9.14. The zero-order valence-corrected chi connectivity index (χ0v) is 10.8. The van der Waals surface area contributed by atoms with Crippen LogP contribution < -0.4 is 0 Å². The van der Waals surface area contributed by atoms with Gasteiger partial charge in [-0.15, -0.1) is 11.8 Å². The number of aliphatic hydroxyl groups is 1. The largest absolute Gasteiger partial charge is 0.396 e. The molecule has 1 atom stereocenters. The topological polar surface area (TPSA) is 56.9 Å². The normalized spacial score (nSPS) is 15.4. The van der Waals surface area contributed by atoms with E-state index in [1.165, 1.54) is 5.56 Å². The van der Waals surface area contributed by atoms with Crippen LogP contribution in [0.15, 0.2) is 11.1 Å². The quantitative estimate of drug-likeness (QED) is 0.831. The maximum atomic E-state index is 9.14. The van der Waals surface area contributed by atoms with Crippen LogP contribution in [0.4, 0.5) is 0 Å². The van der Waals surface area contributed by atoms with Gasteiger partial charge in [0.25, 0.3) is 0 Å². The lowest BCUT2D eigenvalue weighted by atomic mass is 10.2. The molecule has 0 aromatic carbocycles. The van der Waals surface area contributed by atoms with E-state index in [-0.39, 0.29) is 6.61 Å². The van der Waals surface area contributed by atoms with Crippen LogP contribution in [0.1, 0.15) is 36.6 Å². The summed E-state index contributed by atoms with van der Waals surface area (Å²) in [7, 11) is 0. The molecule has 1 N–H and O–H groups in total. The van der Waals surface area contributed by atoms with Gasteiger partial charge in [-0.3, -0.25) is 0 Å². The van der Waals surface area contributed by atoms with Gasteiger partial charge in [-0.05, 0) is 37.3 Å². The van der Waals surface area contributed by atoms with Crippen molar-refractivity contribution < 1.29 is 5.11 Å². The first kappa shape index (κ1) is 12.4. The van der Waals surface area contributed by atoms with Crippen molar-refractivity contribution in [3.63, 3.8) is 0 Å². The van der Waals surface area contributed by atoms with E-state index in [2.05, 4.69) is 18.0 Å². The SMILES string of the molecule is CC(CCO)Sc1nc2c(cc1C#N)CCC2. The fraction of sp³-hybridized carbons (Fsp3) is 0.538. The summed E-state index contributed by atoms with van der Waals surface area (Å²) in [6.45, 7) is 2.23. The molecular formula is C13H16N2OS. The molecule has 1 aliphatic rings. The average Bonchev–Trinajstić information content (AvgIpc) is 2.75. The van der Waals surface area contributed by atoms with Crippen molar-refractivity contribution in [2.75, 3.05) is 6.61 Å². The third-order valence-electron chi connectivity index (χ3n) is 2.98. The summed E-state index contributed by atoms with van der Waals surface area (Å²) in [4.78, 5) is 4.61. The predicted octanol–water partition coefficient (Wildman–Crippen LogP) is 2.30. The van der Waals surface area contributed by atoms with Crippen LogP contribution in [0.2, 0.25) is 0 Å². The van der Waals surface area contributed by atoms with E-state index in [9.17, 15) is 0 Å². The molecule has 0 saturated heterocycles. The van der Waals surface area contributed by atoms with Crippen LogP contribution >= 0.6 is 11.8 Å². The van der Waals surface area contributed by atoms with E-state index in [1.807, 2.05) is 6.07 Å². The minimum atomic E-state index is 0.182. The summed E-state index contributed by atoms with van der Waals surface area (Å²) in [6, 6.07) is 4.22. The molecule has 1 aromatic rings. The summed E-state index contributed by atoms with van der Waals surface area (Å²) in [5.74, 6) is 0. The first-order chi connectivity index (χ1) is 8.24. The molecule has 1 aliphatic carbocycles. The van der Waals surface area contributed by atoms with Crippen molar-refractivity contribution in [2.24, 2.45) is 0 Å². The second kappa shape index (κ2) is 5.52. The standard InChI is InChI=1S/C13H16N2OS/c1-9(5-6-16)17-13-11(8-14)7-10-3-2-4-12(10)15-13/h7,9,16H,2-6H2,1H3. The minimum Gasteiger partial charge on any atom is -0.396 e. The molecule has 0 amide bonds. The number of thioether (sulfide) groups is 1. The van der Waals surface area contributed by atoms with E-state index in [1.54, 1.807) is 11.8 Å². The van der Waals surface area contributed by atoms with E-state index >= 15 is 0 Å². The highest BCUT2D eigenvalue weighted by Gasteiger charge is 2.17. The number of pyridine rings is 1. The van der Waals surface area contributed by atoms with Gasteiger partial charge in [0.15, 0.2) is 0 Å². The Morgan fingerprint density at radius 3 is 3.12 bits per heavy atom. The summed E-state index contributed by atoms with van der Waals surface area (Å²) >= 11 is 1.59. The van der Waals surface area contributed by atoms with Gasteiger partial charge in [0.2, 0.25) is 0 Å². The first-order valence-corrected chi connectivity index (χ1v) is 6.83. The van der Waals surface area contributed by atoms with Gasteiger partial charge in [-0.2, -0.15) is 5.26 Å². The first-order valence-electron chi connectivity index (χ1n) is 5.95. The van der Waals surface area contributed by atoms with Gasteiger partial charge in [0.05, 0.1) is 5.56 Å². The number of aliphatic hydroxyl groups excluding tert-OH is 1. The number of nitriles is 1. The Morgan fingerprint density at radius 1 is 1.59 bits per heavy atom. The predicted molar refractivity (Wildman–Crippen MR) is 68.0 cm³/mol. The number of aromatic nitrogens is 1. The summed E-state index contributed by atoms with van der Waals surface area (Å²) < 4.78 is 0. The number of rotatable bonds is 4. The van der Waals surface area contributed by atoms with Gasteiger partial charge in [0, 0.05) is 17.6 Å². The molecule has 0 radical (unpaired) electrons. The second-order valence-electron chi connectivity index (χ2n) is 4.35. The Labute approximate surface area is 106 Å². The monoisotopic (exact) mass is 248 g/mol. The van der Waals surface area contributed by atoms with Crippen molar-refractivity contribution in [2.45, 2.75) is 42.9 Å². The molecule has 0 bridgehead atoms. The molecule has 3 nitrogen and oxygen atoms in total. The van der Waals surface area contributed by atoms with Crippen molar-refractivity contribution in [3.8, 4) is 6.07 Å². The van der Waals surface area contributed by atoms with Gasteiger partial charge in [0.1, 0.15) is 11.1 Å². The molecule has 90 valence electrons. The van der Waals surface area contributed by atoms with Crippen molar-refractivity contribution in [3.05, 3.63) is 22.9 Å². The maximum Gasteiger partial charge on any atom is 0.114 e. The van der Waals surface area contributed by atoms with Crippen LogP contribution in [-0.4, -0.2) is 21.9 Å². The van der Waals surface area contributed by atoms with Crippen molar-refractivity contribution >= 4 is 11.8 Å². The highest BCUT2D eigenvalue weighted by molar-refractivity contribution is 7.99. The zero-order valence-electron chi connectivity index (χ0n) is 9.94. The lowest BCUT2D eigenvalue weighted by Gasteiger charge is -2.11. The number of fused-ring (bicyclic) bond motifs is 1. The van der Waals surface area contributed by atoms with E-state index in [0.717, 1.165) is 36.4 Å². The van der Waals surface area contributed by atoms with E-state index in [4.69, 9.17) is 10.4 Å².